The quantitative estimate of drug-likeness (QED) is 0.709. The summed E-state index contributed by atoms with van der Waals surface area (Å²) < 4.78 is 17.2. The van der Waals surface area contributed by atoms with Crippen LogP contribution in [-0.2, 0) is 0 Å². The van der Waals surface area contributed by atoms with Crippen LogP contribution < -0.4 is 19.5 Å². The lowest BCUT2D eigenvalue weighted by Crippen LogP contribution is -2.19. The van der Waals surface area contributed by atoms with Gasteiger partial charge >= 0.3 is 0 Å². The molecule has 0 fully saturated rings. The van der Waals surface area contributed by atoms with Crippen LogP contribution in [0.1, 0.15) is 52.6 Å². The lowest BCUT2D eigenvalue weighted by Gasteiger charge is -2.20. The normalized spacial score (nSPS) is 12.0. The fourth-order valence-electron chi connectivity index (χ4n) is 2.14. The first kappa shape index (κ1) is 17.6. The van der Waals surface area contributed by atoms with Crippen molar-refractivity contribution in [3.8, 4) is 17.2 Å². The van der Waals surface area contributed by atoms with Gasteiger partial charge in [0.2, 0.25) is 5.75 Å². The molecule has 0 aliphatic carbocycles. The van der Waals surface area contributed by atoms with Crippen LogP contribution in [0, 0.1) is 0 Å². The van der Waals surface area contributed by atoms with E-state index in [1.165, 1.54) is 0 Å². The van der Waals surface area contributed by atoms with Gasteiger partial charge in [0.1, 0.15) is 0 Å². The molecule has 0 aliphatic rings. The highest BCUT2D eigenvalue weighted by molar-refractivity contribution is 5.54. The van der Waals surface area contributed by atoms with E-state index >= 15 is 0 Å². The Morgan fingerprint density at radius 1 is 0.905 bits per heavy atom. The summed E-state index contributed by atoms with van der Waals surface area (Å²) in [5.41, 5.74) is 1.15. The molecule has 0 aliphatic heterocycles. The predicted octanol–water partition coefficient (Wildman–Crippen LogP) is 3.94. The predicted molar refractivity (Wildman–Crippen MR) is 86.7 cm³/mol. The Morgan fingerprint density at radius 2 is 1.43 bits per heavy atom. The molecule has 1 aromatic carbocycles. The molecule has 0 bridgehead atoms. The molecule has 120 valence electrons. The highest BCUT2D eigenvalue weighted by atomic mass is 16.5. The first-order chi connectivity index (χ1) is 10.2. The van der Waals surface area contributed by atoms with Crippen molar-refractivity contribution in [1.29, 1.82) is 0 Å². The van der Waals surface area contributed by atoms with E-state index in [0.717, 1.165) is 30.0 Å². The third-order valence-electron chi connectivity index (χ3n) is 3.13. The van der Waals surface area contributed by atoms with Gasteiger partial charge in [-0.25, -0.2) is 0 Å². The zero-order chi connectivity index (χ0) is 15.7. The number of rotatable bonds is 10. The van der Waals surface area contributed by atoms with Crippen LogP contribution in [0.15, 0.2) is 12.1 Å². The summed E-state index contributed by atoms with van der Waals surface area (Å²) >= 11 is 0. The van der Waals surface area contributed by atoms with Crippen molar-refractivity contribution in [3.63, 3.8) is 0 Å². The minimum Gasteiger partial charge on any atom is -0.490 e. The summed E-state index contributed by atoms with van der Waals surface area (Å²) in [4.78, 5) is 0. The molecule has 0 saturated heterocycles. The molecule has 4 nitrogen and oxygen atoms in total. The molecule has 0 spiro atoms. The average Bonchev–Trinajstić information content (AvgIpc) is 2.48. The maximum absolute atomic E-state index is 5.74. The van der Waals surface area contributed by atoms with Gasteiger partial charge in [0, 0.05) is 6.04 Å². The van der Waals surface area contributed by atoms with Crippen LogP contribution in [0.25, 0.3) is 0 Å². The summed E-state index contributed by atoms with van der Waals surface area (Å²) in [7, 11) is 0. The average molecular weight is 295 g/mol. The first-order valence-corrected chi connectivity index (χ1v) is 7.97. The van der Waals surface area contributed by atoms with Crippen molar-refractivity contribution in [3.05, 3.63) is 17.7 Å². The van der Waals surface area contributed by atoms with Crippen molar-refractivity contribution in [2.75, 3.05) is 26.4 Å². The van der Waals surface area contributed by atoms with E-state index in [9.17, 15) is 0 Å². The van der Waals surface area contributed by atoms with Crippen LogP contribution in [0.5, 0.6) is 17.2 Å². The van der Waals surface area contributed by atoms with Crippen LogP contribution in [0.3, 0.4) is 0 Å². The van der Waals surface area contributed by atoms with Gasteiger partial charge in [-0.1, -0.05) is 6.92 Å². The van der Waals surface area contributed by atoms with Gasteiger partial charge in [-0.15, -0.1) is 0 Å². The van der Waals surface area contributed by atoms with E-state index < -0.39 is 0 Å². The second kappa shape index (κ2) is 9.50. The fourth-order valence-corrected chi connectivity index (χ4v) is 2.14. The van der Waals surface area contributed by atoms with E-state index in [4.69, 9.17) is 14.2 Å². The number of benzene rings is 1. The summed E-state index contributed by atoms with van der Waals surface area (Å²) in [5, 5.41) is 3.49. The molecule has 1 N–H and O–H groups in total. The molecule has 0 saturated carbocycles. The second-order valence-electron chi connectivity index (χ2n) is 4.82. The fraction of sp³-hybridized carbons (Fsp3) is 0.647. The largest absolute Gasteiger partial charge is 0.490 e. The Hall–Kier alpha value is -1.42. The number of ether oxygens (including phenoxy) is 3. The second-order valence-corrected chi connectivity index (χ2v) is 4.82. The molecule has 21 heavy (non-hydrogen) atoms. The van der Waals surface area contributed by atoms with E-state index in [-0.39, 0.29) is 6.04 Å². The summed E-state index contributed by atoms with van der Waals surface area (Å²) in [5.74, 6) is 2.21. The monoisotopic (exact) mass is 295 g/mol. The van der Waals surface area contributed by atoms with E-state index in [1.807, 2.05) is 32.9 Å². The standard InChI is InChI=1S/C17H29NO3/c1-6-10-18-13(5)14-11-15(19-7-2)17(21-9-4)16(12-14)20-8-3/h11-13,18H,6-10H2,1-5H3. The van der Waals surface area contributed by atoms with Gasteiger partial charge in [-0.05, 0) is 58.4 Å². The van der Waals surface area contributed by atoms with Crippen LogP contribution >= 0.6 is 0 Å². The Kier molecular flexibility index (Phi) is 7.98. The number of nitrogens with one attached hydrogen (secondary N) is 1. The highest BCUT2D eigenvalue weighted by Gasteiger charge is 2.17. The Balaban J connectivity index is 3.14. The summed E-state index contributed by atoms with van der Waals surface area (Å²) in [6.45, 7) is 13.0. The molecule has 0 heterocycles. The van der Waals surface area contributed by atoms with Crippen molar-refractivity contribution < 1.29 is 14.2 Å². The maximum Gasteiger partial charge on any atom is 0.203 e. The van der Waals surface area contributed by atoms with Gasteiger partial charge in [0.15, 0.2) is 11.5 Å². The highest BCUT2D eigenvalue weighted by Crippen LogP contribution is 2.40. The molecule has 0 radical (unpaired) electrons. The third-order valence-corrected chi connectivity index (χ3v) is 3.13. The van der Waals surface area contributed by atoms with Gasteiger partial charge < -0.3 is 19.5 Å². The molecular weight excluding hydrogens is 266 g/mol. The zero-order valence-corrected chi connectivity index (χ0v) is 14.0. The number of hydrogen-bond acceptors (Lipinski definition) is 4. The Bertz CT molecular complexity index is 393. The third kappa shape index (κ3) is 5.12. The van der Waals surface area contributed by atoms with Gasteiger partial charge in [0.25, 0.3) is 0 Å². The molecule has 1 aromatic rings. The van der Waals surface area contributed by atoms with Crippen molar-refractivity contribution in [2.24, 2.45) is 0 Å². The SMILES string of the molecule is CCCNC(C)c1cc(OCC)c(OCC)c(OCC)c1. The Morgan fingerprint density at radius 3 is 1.86 bits per heavy atom. The molecular formula is C17H29NO3. The van der Waals surface area contributed by atoms with E-state index in [2.05, 4.69) is 19.2 Å². The van der Waals surface area contributed by atoms with E-state index in [1.54, 1.807) is 0 Å². The topological polar surface area (TPSA) is 39.7 Å². The molecule has 4 heteroatoms. The maximum atomic E-state index is 5.74. The first-order valence-electron chi connectivity index (χ1n) is 7.97. The lowest BCUT2D eigenvalue weighted by molar-refractivity contribution is 0.260. The summed E-state index contributed by atoms with van der Waals surface area (Å²) in [6, 6.07) is 4.34. The minimum absolute atomic E-state index is 0.249. The molecule has 0 amide bonds. The van der Waals surface area contributed by atoms with Crippen LogP contribution in [0.2, 0.25) is 0 Å². The van der Waals surface area contributed by atoms with Gasteiger partial charge in [-0.2, -0.15) is 0 Å². The van der Waals surface area contributed by atoms with Gasteiger partial charge in [-0.3, -0.25) is 0 Å². The van der Waals surface area contributed by atoms with Crippen molar-refractivity contribution >= 4 is 0 Å². The molecule has 0 aromatic heterocycles. The molecule has 1 rings (SSSR count). The zero-order valence-electron chi connectivity index (χ0n) is 14.0. The van der Waals surface area contributed by atoms with Crippen LogP contribution in [0.4, 0.5) is 0 Å². The van der Waals surface area contributed by atoms with Crippen LogP contribution in [-0.4, -0.2) is 26.4 Å². The minimum atomic E-state index is 0.249. The smallest absolute Gasteiger partial charge is 0.203 e. The van der Waals surface area contributed by atoms with Gasteiger partial charge in [0.05, 0.1) is 19.8 Å². The molecule has 1 unspecified atom stereocenters. The lowest BCUT2D eigenvalue weighted by atomic mass is 10.1. The number of hydrogen-bond donors (Lipinski definition) is 1. The van der Waals surface area contributed by atoms with Crippen molar-refractivity contribution in [2.45, 2.75) is 47.1 Å². The van der Waals surface area contributed by atoms with Crippen molar-refractivity contribution in [1.82, 2.24) is 5.32 Å². The Labute approximate surface area is 128 Å². The summed E-state index contributed by atoms with van der Waals surface area (Å²) in [6.07, 6.45) is 1.11. The van der Waals surface area contributed by atoms with E-state index in [0.29, 0.717) is 25.6 Å². The molecule has 1 atom stereocenters.